The molecule has 1 N–H and O–H groups in total. The van der Waals surface area contributed by atoms with E-state index in [0.717, 1.165) is 63.2 Å². The Labute approximate surface area is 217 Å². The number of hydrogen-bond donors (Lipinski definition) is 1. The topological polar surface area (TPSA) is 65.1 Å². The number of rotatable bonds is 10. The molecule has 2 aliphatic rings. The van der Waals surface area contributed by atoms with Crippen LogP contribution in [0.2, 0.25) is 0 Å². The molecule has 1 saturated carbocycles. The lowest BCUT2D eigenvalue weighted by molar-refractivity contribution is 0.0357. The van der Waals surface area contributed by atoms with E-state index in [2.05, 4.69) is 15.2 Å². The van der Waals surface area contributed by atoms with Crippen molar-refractivity contribution in [2.75, 3.05) is 51.9 Å². The predicted molar refractivity (Wildman–Crippen MR) is 143 cm³/mol. The van der Waals surface area contributed by atoms with Crippen LogP contribution in [0.1, 0.15) is 38.5 Å². The van der Waals surface area contributed by atoms with E-state index in [9.17, 15) is 4.39 Å². The van der Waals surface area contributed by atoms with Crippen LogP contribution in [-0.4, -0.2) is 62.5 Å². The molecule has 1 aliphatic heterocycles. The lowest BCUT2D eigenvalue weighted by Gasteiger charge is -2.26. The normalized spacial score (nSPS) is 17.0. The van der Waals surface area contributed by atoms with Crippen LogP contribution >= 0.6 is 0 Å². The Bertz CT molecular complexity index is 1180. The highest BCUT2D eigenvalue weighted by atomic mass is 19.1. The molecule has 3 aromatic rings. The van der Waals surface area contributed by atoms with E-state index < -0.39 is 5.82 Å². The molecule has 2 aromatic carbocycles. The summed E-state index contributed by atoms with van der Waals surface area (Å²) in [7, 11) is 1.61. The second-order valence-corrected chi connectivity index (χ2v) is 9.71. The summed E-state index contributed by atoms with van der Waals surface area (Å²) in [5, 5.41) is 4.18. The molecule has 0 atom stereocenters. The molecule has 8 heteroatoms. The number of fused-ring (bicyclic) bond motifs is 1. The van der Waals surface area contributed by atoms with Crippen LogP contribution in [0.4, 0.5) is 10.1 Å². The molecular formula is C29H36FN3O4. The molecule has 0 bridgehead atoms. The molecule has 2 heterocycles. The van der Waals surface area contributed by atoms with Crippen molar-refractivity contribution < 1.29 is 23.3 Å². The molecular weight excluding hydrogens is 473 g/mol. The number of anilines is 1. The van der Waals surface area contributed by atoms with Crippen molar-refractivity contribution >= 4 is 16.6 Å². The third-order valence-corrected chi connectivity index (χ3v) is 7.09. The van der Waals surface area contributed by atoms with Crippen molar-refractivity contribution in [3.05, 3.63) is 48.4 Å². The number of morpholine rings is 1. The molecule has 1 aromatic heterocycles. The molecule has 1 saturated heterocycles. The third kappa shape index (κ3) is 6.62. The maximum absolute atomic E-state index is 15.0. The van der Waals surface area contributed by atoms with Crippen molar-refractivity contribution in [3.8, 4) is 23.0 Å². The van der Waals surface area contributed by atoms with E-state index in [1.807, 2.05) is 18.2 Å². The summed E-state index contributed by atoms with van der Waals surface area (Å²) in [4.78, 5) is 6.86. The van der Waals surface area contributed by atoms with E-state index in [1.54, 1.807) is 25.4 Å². The Morgan fingerprint density at radius 1 is 1.00 bits per heavy atom. The highest BCUT2D eigenvalue weighted by Crippen LogP contribution is 2.38. The molecule has 0 radical (unpaired) electrons. The largest absolute Gasteiger partial charge is 0.493 e. The van der Waals surface area contributed by atoms with Gasteiger partial charge in [-0.3, -0.25) is 9.88 Å². The number of halogens is 1. The Balaban J connectivity index is 1.26. The number of aromatic nitrogens is 1. The van der Waals surface area contributed by atoms with Gasteiger partial charge >= 0.3 is 0 Å². The number of nitrogens with zero attached hydrogens (tertiary/aromatic N) is 2. The predicted octanol–water partition coefficient (Wildman–Crippen LogP) is 6.02. The minimum Gasteiger partial charge on any atom is -0.493 e. The van der Waals surface area contributed by atoms with E-state index in [0.29, 0.717) is 35.4 Å². The minimum atomic E-state index is -0.405. The number of hydrogen-bond acceptors (Lipinski definition) is 7. The van der Waals surface area contributed by atoms with Gasteiger partial charge in [-0.15, -0.1) is 0 Å². The van der Waals surface area contributed by atoms with Gasteiger partial charge < -0.3 is 24.3 Å². The van der Waals surface area contributed by atoms with Crippen molar-refractivity contribution in [1.82, 2.24) is 9.88 Å². The number of methoxy groups -OCH3 is 1. The number of benzene rings is 2. The summed E-state index contributed by atoms with van der Waals surface area (Å²) in [5.74, 6) is 1.49. The van der Waals surface area contributed by atoms with E-state index in [1.165, 1.54) is 25.3 Å². The van der Waals surface area contributed by atoms with Crippen LogP contribution in [-0.2, 0) is 4.74 Å². The molecule has 0 unspecified atom stereocenters. The van der Waals surface area contributed by atoms with E-state index in [-0.39, 0.29) is 5.75 Å². The SMILES string of the molecule is COc1cc2c(Oc3ccc(NC4CCCCC4)cc3F)ccnc2cc1OCCCN1CCOCC1. The fourth-order valence-electron chi connectivity index (χ4n) is 5.06. The molecule has 1 aliphatic carbocycles. The molecule has 5 rings (SSSR count). The second kappa shape index (κ2) is 12.4. The fourth-order valence-corrected chi connectivity index (χ4v) is 5.06. The van der Waals surface area contributed by atoms with Crippen LogP contribution in [0, 0.1) is 5.82 Å². The Hall–Kier alpha value is -3.10. The van der Waals surface area contributed by atoms with Crippen molar-refractivity contribution in [2.24, 2.45) is 0 Å². The van der Waals surface area contributed by atoms with Gasteiger partial charge in [0.05, 0.1) is 32.4 Å². The Morgan fingerprint density at radius 2 is 1.84 bits per heavy atom. The third-order valence-electron chi connectivity index (χ3n) is 7.09. The number of ether oxygens (including phenoxy) is 4. The van der Waals surface area contributed by atoms with Gasteiger partial charge in [0.25, 0.3) is 0 Å². The zero-order chi connectivity index (χ0) is 25.5. The average Bonchev–Trinajstić information content (AvgIpc) is 2.93. The van der Waals surface area contributed by atoms with Crippen LogP contribution in [0.15, 0.2) is 42.6 Å². The first kappa shape index (κ1) is 25.5. The standard InChI is InChI=1S/C29H36FN3O4/c1-34-28-19-23-25(20-29(28)36-15-5-12-33-13-16-35-17-14-33)31-11-10-26(23)37-27-9-8-22(18-24(27)30)32-21-6-3-2-4-7-21/h8-11,18-21,32H,2-7,12-17H2,1H3. The van der Waals surface area contributed by atoms with Crippen molar-refractivity contribution in [1.29, 1.82) is 0 Å². The lowest BCUT2D eigenvalue weighted by Crippen LogP contribution is -2.37. The van der Waals surface area contributed by atoms with Crippen molar-refractivity contribution in [3.63, 3.8) is 0 Å². The second-order valence-electron chi connectivity index (χ2n) is 9.71. The van der Waals surface area contributed by atoms with Gasteiger partial charge in [0.1, 0.15) is 5.75 Å². The Morgan fingerprint density at radius 3 is 2.62 bits per heavy atom. The highest BCUT2D eigenvalue weighted by molar-refractivity contribution is 5.88. The maximum Gasteiger partial charge on any atom is 0.167 e. The molecule has 37 heavy (non-hydrogen) atoms. The van der Waals surface area contributed by atoms with Crippen LogP contribution in [0.5, 0.6) is 23.0 Å². The van der Waals surface area contributed by atoms with Gasteiger partial charge in [0.2, 0.25) is 0 Å². The summed E-state index contributed by atoms with van der Waals surface area (Å²) in [6.07, 6.45) is 8.55. The van der Waals surface area contributed by atoms with Crippen LogP contribution in [0.3, 0.4) is 0 Å². The van der Waals surface area contributed by atoms with Gasteiger partial charge in [-0.1, -0.05) is 19.3 Å². The maximum atomic E-state index is 15.0. The molecule has 198 valence electrons. The van der Waals surface area contributed by atoms with Gasteiger partial charge in [-0.05, 0) is 43.5 Å². The zero-order valence-corrected chi connectivity index (χ0v) is 21.5. The summed E-state index contributed by atoms with van der Waals surface area (Å²) in [6, 6.07) is 10.9. The van der Waals surface area contributed by atoms with Gasteiger partial charge in [-0.25, -0.2) is 4.39 Å². The quantitative estimate of drug-likeness (QED) is 0.335. The highest BCUT2D eigenvalue weighted by Gasteiger charge is 2.16. The first-order valence-electron chi connectivity index (χ1n) is 13.3. The van der Waals surface area contributed by atoms with Gasteiger partial charge in [0.15, 0.2) is 23.1 Å². The van der Waals surface area contributed by atoms with Gasteiger partial charge in [-0.2, -0.15) is 0 Å². The summed E-state index contributed by atoms with van der Waals surface area (Å²) in [6.45, 7) is 5.05. The first-order chi connectivity index (χ1) is 18.2. The number of pyridine rings is 1. The van der Waals surface area contributed by atoms with Gasteiger partial charge in [0, 0.05) is 55.1 Å². The van der Waals surface area contributed by atoms with Crippen LogP contribution in [0.25, 0.3) is 10.9 Å². The van der Waals surface area contributed by atoms with E-state index in [4.69, 9.17) is 18.9 Å². The molecule has 0 spiro atoms. The smallest absolute Gasteiger partial charge is 0.167 e. The minimum absolute atomic E-state index is 0.170. The fraction of sp³-hybridized carbons (Fsp3) is 0.483. The Kier molecular flexibility index (Phi) is 8.58. The van der Waals surface area contributed by atoms with Crippen molar-refractivity contribution in [2.45, 2.75) is 44.6 Å². The summed E-state index contributed by atoms with van der Waals surface area (Å²) >= 11 is 0. The lowest BCUT2D eigenvalue weighted by atomic mass is 9.95. The number of nitrogens with one attached hydrogen (secondary N) is 1. The van der Waals surface area contributed by atoms with Crippen LogP contribution < -0.4 is 19.5 Å². The molecule has 0 amide bonds. The zero-order valence-electron chi connectivity index (χ0n) is 21.5. The monoisotopic (exact) mass is 509 g/mol. The first-order valence-corrected chi connectivity index (χ1v) is 13.3. The summed E-state index contributed by atoms with van der Waals surface area (Å²) in [5.41, 5.74) is 1.48. The average molecular weight is 510 g/mol. The van der Waals surface area contributed by atoms with E-state index >= 15 is 0 Å². The summed E-state index contributed by atoms with van der Waals surface area (Å²) < 4.78 is 38.0. The molecule has 7 nitrogen and oxygen atoms in total. The molecule has 2 fully saturated rings.